The third-order valence-electron chi connectivity index (χ3n) is 1.52. The van der Waals surface area contributed by atoms with Crippen LogP contribution in [-0.4, -0.2) is 37.7 Å². The summed E-state index contributed by atoms with van der Waals surface area (Å²) in [5.74, 6) is -1.94. The van der Waals surface area contributed by atoms with Crippen molar-refractivity contribution in [2.75, 3.05) is 13.7 Å². The number of hydrogen-bond donors (Lipinski definition) is 0. The van der Waals surface area contributed by atoms with E-state index in [4.69, 9.17) is 0 Å². The molecule has 6 heteroatoms. The fraction of sp³-hybridized carbons (Fsp3) is 0.625. The molecule has 0 bridgehead atoms. The van der Waals surface area contributed by atoms with E-state index < -0.39 is 17.5 Å². The van der Waals surface area contributed by atoms with Gasteiger partial charge in [-0.15, -0.1) is 0 Å². The van der Waals surface area contributed by atoms with E-state index in [1.54, 1.807) is 6.92 Å². The third kappa shape index (κ3) is 2.45. The van der Waals surface area contributed by atoms with Crippen molar-refractivity contribution in [3.05, 3.63) is 0 Å². The lowest BCUT2D eigenvalue weighted by Gasteiger charge is -2.21. The molecule has 0 aliphatic rings. The first-order chi connectivity index (χ1) is 6.52. The Hall–Kier alpha value is -1.59. The van der Waals surface area contributed by atoms with Crippen LogP contribution in [0.15, 0.2) is 0 Å². The van der Waals surface area contributed by atoms with Crippen LogP contribution in [0.4, 0.5) is 0 Å². The van der Waals surface area contributed by atoms with E-state index in [1.165, 1.54) is 0 Å². The van der Waals surface area contributed by atoms with Crippen molar-refractivity contribution in [3.63, 3.8) is 0 Å². The Labute approximate surface area is 81.1 Å². The second kappa shape index (κ2) is 5.21. The Morgan fingerprint density at radius 3 is 2.29 bits per heavy atom. The van der Waals surface area contributed by atoms with Gasteiger partial charge in [0.25, 0.3) is 6.47 Å². The average Bonchev–Trinajstić information content (AvgIpc) is 2.17. The van der Waals surface area contributed by atoms with Crippen LogP contribution in [0.3, 0.4) is 0 Å². The van der Waals surface area contributed by atoms with Gasteiger partial charge in [0.15, 0.2) is 0 Å². The fourth-order valence-corrected chi connectivity index (χ4v) is 0.739. The molecule has 0 saturated heterocycles. The minimum atomic E-state index is -2.02. The molecule has 0 aliphatic heterocycles. The van der Waals surface area contributed by atoms with Crippen LogP contribution < -0.4 is 0 Å². The first-order valence-corrected chi connectivity index (χ1v) is 3.90. The van der Waals surface area contributed by atoms with Gasteiger partial charge in [0.05, 0.1) is 13.7 Å². The first kappa shape index (κ1) is 12.4. The molecule has 1 atom stereocenters. The summed E-state index contributed by atoms with van der Waals surface area (Å²) in [4.78, 5) is 32.5. The van der Waals surface area contributed by atoms with Gasteiger partial charge in [0.2, 0.25) is 0 Å². The molecule has 0 aromatic carbocycles. The Bertz CT molecular complexity index is 236. The highest BCUT2D eigenvalue weighted by Crippen LogP contribution is 2.13. The van der Waals surface area contributed by atoms with Gasteiger partial charge in [0, 0.05) is 0 Å². The zero-order valence-corrected chi connectivity index (χ0v) is 8.23. The second-order valence-electron chi connectivity index (χ2n) is 2.46. The van der Waals surface area contributed by atoms with E-state index in [9.17, 15) is 14.4 Å². The summed E-state index contributed by atoms with van der Waals surface area (Å²) < 4.78 is 13.2. The molecule has 80 valence electrons. The summed E-state index contributed by atoms with van der Waals surface area (Å²) >= 11 is 0. The lowest BCUT2D eigenvalue weighted by atomic mass is 10.1. The van der Waals surface area contributed by atoms with E-state index in [0.717, 1.165) is 14.0 Å². The first-order valence-electron chi connectivity index (χ1n) is 3.90. The molecule has 0 fully saturated rings. The number of carbonyl (C=O) groups is 3. The smallest absolute Gasteiger partial charge is 0.362 e. The minimum Gasteiger partial charge on any atom is -0.466 e. The molecule has 0 aliphatic carbocycles. The maximum atomic E-state index is 11.2. The van der Waals surface area contributed by atoms with E-state index in [2.05, 4.69) is 14.2 Å². The third-order valence-corrected chi connectivity index (χ3v) is 1.52. The minimum absolute atomic E-state index is 0.00611. The van der Waals surface area contributed by atoms with Gasteiger partial charge in [-0.2, -0.15) is 0 Å². The zero-order chi connectivity index (χ0) is 11.2. The van der Waals surface area contributed by atoms with Gasteiger partial charge in [-0.05, 0) is 13.8 Å². The fourth-order valence-electron chi connectivity index (χ4n) is 0.739. The number of hydrogen-bond acceptors (Lipinski definition) is 6. The number of ether oxygens (including phenoxy) is 3. The van der Waals surface area contributed by atoms with Gasteiger partial charge in [-0.1, -0.05) is 0 Å². The summed E-state index contributed by atoms with van der Waals surface area (Å²) in [5.41, 5.74) is -2.02. The molecule has 6 nitrogen and oxygen atoms in total. The quantitative estimate of drug-likeness (QED) is 0.264. The van der Waals surface area contributed by atoms with Crippen molar-refractivity contribution in [2.24, 2.45) is 0 Å². The predicted molar refractivity (Wildman–Crippen MR) is 44.2 cm³/mol. The van der Waals surface area contributed by atoms with Crippen LogP contribution in [0.1, 0.15) is 13.8 Å². The van der Waals surface area contributed by atoms with E-state index in [-0.39, 0.29) is 13.1 Å². The van der Waals surface area contributed by atoms with Gasteiger partial charge in [-0.3, -0.25) is 4.79 Å². The molecule has 0 rings (SSSR count). The number of rotatable bonds is 5. The van der Waals surface area contributed by atoms with Crippen molar-refractivity contribution in [3.8, 4) is 0 Å². The van der Waals surface area contributed by atoms with Crippen molar-refractivity contribution in [1.29, 1.82) is 0 Å². The Morgan fingerprint density at radius 2 is 1.93 bits per heavy atom. The highest BCUT2D eigenvalue weighted by atomic mass is 16.6. The normalized spacial score (nSPS) is 13.6. The summed E-state index contributed by atoms with van der Waals surface area (Å²) in [5, 5.41) is 0. The Kier molecular flexibility index (Phi) is 4.62. The molecule has 0 amide bonds. The van der Waals surface area contributed by atoms with Gasteiger partial charge >= 0.3 is 17.5 Å². The van der Waals surface area contributed by atoms with Crippen LogP contribution in [-0.2, 0) is 28.6 Å². The molecule has 0 saturated carbocycles. The monoisotopic (exact) mass is 204 g/mol. The van der Waals surface area contributed by atoms with Crippen molar-refractivity contribution >= 4 is 18.4 Å². The van der Waals surface area contributed by atoms with E-state index >= 15 is 0 Å². The molecule has 0 heterocycles. The Balaban J connectivity index is 4.78. The molecular weight excluding hydrogens is 192 g/mol. The van der Waals surface area contributed by atoms with Crippen molar-refractivity contribution < 1.29 is 28.6 Å². The summed E-state index contributed by atoms with van der Waals surface area (Å²) in [7, 11) is 1.08. The highest BCUT2D eigenvalue weighted by molar-refractivity contribution is 6.03. The van der Waals surface area contributed by atoms with E-state index in [1.807, 2.05) is 0 Å². The van der Waals surface area contributed by atoms with Crippen LogP contribution >= 0.6 is 0 Å². The van der Waals surface area contributed by atoms with Gasteiger partial charge in [0.1, 0.15) is 0 Å². The van der Waals surface area contributed by atoms with Gasteiger partial charge < -0.3 is 14.2 Å². The molecule has 0 aromatic rings. The molecule has 14 heavy (non-hydrogen) atoms. The largest absolute Gasteiger partial charge is 0.466 e. The van der Waals surface area contributed by atoms with Crippen molar-refractivity contribution in [2.45, 2.75) is 19.4 Å². The van der Waals surface area contributed by atoms with Crippen LogP contribution in [0, 0.1) is 0 Å². The van der Waals surface area contributed by atoms with Crippen LogP contribution in [0.5, 0.6) is 0 Å². The molecular formula is C8H12O6. The topological polar surface area (TPSA) is 78.9 Å². The SMILES string of the molecule is CCOC(=O)C(C)(OC=O)C(=O)OC. The molecule has 1 unspecified atom stereocenters. The number of carbonyl (C=O) groups excluding carboxylic acids is 3. The summed E-state index contributed by atoms with van der Waals surface area (Å²) in [6, 6.07) is 0. The lowest BCUT2D eigenvalue weighted by molar-refractivity contribution is -0.187. The van der Waals surface area contributed by atoms with E-state index in [0.29, 0.717) is 0 Å². The maximum Gasteiger partial charge on any atom is 0.362 e. The second-order valence-corrected chi connectivity index (χ2v) is 2.46. The summed E-state index contributed by atoms with van der Waals surface area (Å²) in [6.07, 6.45) is 0. The maximum absolute atomic E-state index is 11.2. The van der Waals surface area contributed by atoms with Crippen molar-refractivity contribution in [1.82, 2.24) is 0 Å². The predicted octanol–water partition coefficient (Wildman–Crippen LogP) is -0.346. The molecule has 0 aromatic heterocycles. The Morgan fingerprint density at radius 1 is 1.36 bits per heavy atom. The molecule has 0 radical (unpaired) electrons. The highest BCUT2D eigenvalue weighted by Gasteiger charge is 2.46. The number of methoxy groups -OCH3 is 1. The lowest BCUT2D eigenvalue weighted by Crippen LogP contribution is -2.48. The summed E-state index contributed by atoms with van der Waals surface area (Å²) in [6.45, 7) is 2.74. The molecule has 0 N–H and O–H groups in total. The number of esters is 2. The molecule has 0 spiro atoms. The zero-order valence-electron chi connectivity index (χ0n) is 8.23. The van der Waals surface area contributed by atoms with Gasteiger partial charge in [-0.25, -0.2) is 9.59 Å². The van der Waals surface area contributed by atoms with Crippen LogP contribution in [0.2, 0.25) is 0 Å². The average molecular weight is 204 g/mol. The standard InChI is InChI=1S/C8H12O6/c1-4-13-7(11)8(2,14-5-9)6(10)12-3/h5H,4H2,1-3H3. The van der Waals surface area contributed by atoms with Crippen LogP contribution in [0.25, 0.3) is 0 Å².